The van der Waals surface area contributed by atoms with E-state index >= 15 is 0 Å². The Morgan fingerprint density at radius 3 is 2.82 bits per heavy atom. The Kier molecular flexibility index (Phi) is 5.16. The molecule has 0 saturated carbocycles. The third-order valence-corrected chi connectivity index (χ3v) is 3.53. The first-order valence-electron chi connectivity index (χ1n) is 6.98. The number of amides is 1. The predicted octanol–water partition coefficient (Wildman–Crippen LogP) is 1.41. The van der Waals surface area contributed by atoms with Gasteiger partial charge in [0.15, 0.2) is 6.10 Å². The minimum absolute atomic E-state index is 0.0594. The van der Waals surface area contributed by atoms with E-state index in [2.05, 4.69) is 0 Å². The summed E-state index contributed by atoms with van der Waals surface area (Å²) in [5.41, 5.74) is 1.60. The summed E-state index contributed by atoms with van der Waals surface area (Å²) in [6, 6.07) is 7.43. The third-order valence-electron chi connectivity index (χ3n) is 3.53. The summed E-state index contributed by atoms with van der Waals surface area (Å²) in [6.07, 6.45) is 0.542. The van der Waals surface area contributed by atoms with Crippen LogP contribution >= 0.6 is 0 Å². The molecule has 1 atom stereocenters. The van der Waals surface area contributed by atoms with Crippen LogP contribution < -0.4 is 4.74 Å². The van der Waals surface area contributed by atoms with Gasteiger partial charge in [-0.25, -0.2) is 4.79 Å². The molecule has 1 aromatic rings. The van der Waals surface area contributed by atoms with Crippen molar-refractivity contribution in [2.24, 2.45) is 0 Å². The van der Waals surface area contributed by atoms with E-state index < -0.39 is 12.1 Å². The Balaban J connectivity index is 2.14. The van der Waals surface area contributed by atoms with Gasteiger partial charge in [-0.3, -0.25) is 4.79 Å². The molecule has 118 valence electrons. The molecule has 1 amide bonds. The Morgan fingerprint density at radius 1 is 1.41 bits per heavy atom. The largest absolute Gasteiger partial charge is 0.496 e. The van der Waals surface area contributed by atoms with Crippen molar-refractivity contribution in [3.8, 4) is 5.75 Å². The van der Waals surface area contributed by atoms with E-state index in [1.807, 2.05) is 31.2 Å². The Hall–Kier alpha value is -2.34. The van der Waals surface area contributed by atoms with E-state index in [4.69, 9.17) is 14.6 Å². The van der Waals surface area contributed by atoms with Crippen LogP contribution in [0.1, 0.15) is 12.5 Å². The van der Waals surface area contributed by atoms with Crippen molar-refractivity contribution in [2.45, 2.75) is 13.0 Å². The molecule has 0 aromatic heterocycles. The molecule has 22 heavy (non-hydrogen) atoms. The molecular weight excluding hydrogens is 286 g/mol. The van der Waals surface area contributed by atoms with Gasteiger partial charge in [-0.2, -0.15) is 0 Å². The SMILES string of the molecule is COc1ccccc1C(C)=CC(=O)N1CCOC(C(=O)O)C1. The third kappa shape index (κ3) is 3.65. The average molecular weight is 305 g/mol. The molecule has 6 nitrogen and oxygen atoms in total. The van der Waals surface area contributed by atoms with E-state index in [0.717, 1.165) is 11.1 Å². The van der Waals surface area contributed by atoms with Crippen molar-refractivity contribution in [3.63, 3.8) is 0 Å². The highest BCUT2D eigenvalue weighted by Gasteiger charge is 2.28. The van der Waals surface area contributed by atoms with E-state index in [-0.39, 0.29) is 19.1 Å². The number of morpholine rings is 1. The molecule has 1 aliphatic rings. The summed E-state index contributed by atoms with van der Waals surface area (Å²) >= 11 is 0. The molecule has 0 radical (unpaired) electrons. The molecule has 1 aromatic carbocycles. The summed E-state index contributed by atoms with van der Waals surface area (Å²) in [4.78, 5) is 24.8. The van der Waals surface area contributed by atoms with Crippen LogP contribution in [0.15, 0.2) is 30.3 Å². The van der Waals surface area contributed by atoms with Gasteiger partial charge >= 0.3 is 5.97 Å². The Morgan fingerprint density at radius 2 is 2.14 bits per heavy atom. The van der Waals surface area contributed by atoms with Gasteiger partial charge in [0.2, 0.25) is 5.91 Å². The van der Waals surface area contributed by atoms with Crippen LogP contribution in [-0.4, -0.2) is 54.8 Å². The van der Waals surface area contributed by atoms with Gasteiger partial charge in [-0.05, 0) is 18.6 Å². The molecule has 1 saturated heterocycles. The van der Waals surface area contributed by atoms with Crippen molar-refractivity contribution >= 4 is 17.4 Å². The van der Waals surface area contributed by atoms with Crippen LogP contribution in [-0.2, 0) is 14.3 Å². The maximum Gasteiger partial charge on any atom is 0.334 e. The van der Waals surface area contributed by atoms with Crippen molar-refractivity contribution in [1.29, 1.82) is 0 Å². The number of aliphatic carboxylic acids is 1. The molecule has 6 heteroatoms. The number of carbonyl (C=O) groups is 2. The van der Waals surface area contributed by atoms with Crippen LogP contribution in [0, 0.1) is 0 Å². The van der Waals surface area contributed by atoms with Gasteiger partial charge < -0.3 is 19.5 Å². The predicted molar refractivity (Wildman–Crippen MR) is 80.6 cm³/mol. The molecule has 0 bridgehead atoms. The van der Waals surface area contributed by atoms with E-state index in [1.54, 1.807) is 7.11 Å². The quantitative estimate of drug-likeness (QED) is 0.851. The maximum absolute atomic E-state index is 12.3. The number of carboxylic acid groups (broad SMARTS) is 1. The normalized spacial score (nSPS) is 18.9. The summed E-state index contributed by atoms with van der Waals surface area (Å²) < 4.78 is 10.4. The zero-order valence-electron chi connectivity index (χ0n) is 12.6. The van der Waals surface area contributed by atoms with Gasteiger partial charge in [0.05, 0.1) is 20.3 Å². The second kappa shape index (κ2) is 7.09. The number of hydrogen-bond acceptors (Lipinski definition) is 4. The lowest BCUT2D eigenvalue weighted by Crippen LogP contribution is -2.48. The molecule has 1 unspecified atom stereocenters. The molecule has 1 fully saturated rings. The lowest BCUT2D eigenvalue weighted by atomic mass is 10.1. The summed E-state index contributed by atoms with van der Waals surface area (Å²) in [5, 5.41) is 8.97. The number of carboxylic acids is 1. The van der Waals surface area contributed by atoms with Crippen LogP contribution in [0.5, 0.6) is 5.75 Å². The van der Waals surface area contributed by atoms with E-state index in [1.165, 1.54) is 11.0 Å². The molecule has 0 spiro atoms. The summed E-state index contributed by atoms with van der Waals surface area (Å²) in [7, 11) is 1.58. The lowest BCUT2D eigenvalue weighted by Gasteiger charge is -2.30. The molecule has 1 heterocycles. The zero-order valence-corrected chi connectivity index (χ0v) is 12.6. The second-order valence-corrected chi connectivity index (χ2v) is 5.01. The van der Waals surface area contributed by atoms with E-state index in [9.17, 15) is 9.59 Å². The fourth-order valence-electron chi connectivity index (χ4n) is 2.32. The molecular formula is C16H19NO5. The fourth-order valence-corrected chi connectivity index (χ4v) is 2.32. The minimum atomic E-state index is -1.05. The molecule has 1 aliphatic heterocycles. The number of methoxy groups -OCH3 is 1. The maximum atomic E-state index is 12.3. The monoisotopic (exact) mass is 305 g/mol. The van der Waals surface area contributed by atoms with E-state index in [0.29, 0.717) is 12.3 Å². The van der Waals surface area contributed by atoms with Crippen LogP contribution in [0.4, 0.5) is 0 Å². The number of carbonyl (C=O) groups excluding carboxylic acids is 1. The number of hydrogen-bond donors (Lipinski definition) is 1. The smallest absolute Gasteiger partial charge is 0.334 e. The number of allylic oxidation sites excluding steroid dienone is 1. The highest BCUT2D eigenvalue weighted by Crippen LogP contribution is 2.25. The Labute approximate surface area is 128 Å². The second-order valence-electron chi connectivity index (χ2n) is 5.01. The average Bonchev–Trinajstić information content (AvgIpc) is 2.54. The molecule has 2 rings (SSSR count). The van der Waals surface area contributed by atoms with Gasteiger partial charge in [0.25, 0.3) is 0 Å². The van der Waals surface area contributed by atoms with Crippen LogP contribution in [0.3, 0.4) is 0 Å². The van der Waals surface area contributed by atoms with Crippen molar-refractivity contribution in [2.75, 3.05) is 26.8 Å². The van der Waals surface area contributed by atoms with Gasteiger partial charge in [0.1, 0.15) is 5.75 Å². The number of para-hydroxylation sites is 1. The topological polar surface area (TPSA) is 76.1 Å². The number of ether oxygens (including phenoxy) is 2. The fraction of sp³-hybridized carbons (Fsp3) is 0.375. The van der Waals surface area contributed by atoms with Crippen molar-refractivity contribution in [1.82, 2.24) is 4.90 Å². The standard InChI is InChI=1S/C16H19NO5/c1-11(12-5-3-4-6-13(12)21-2)9-15(18)17-7-8-22-14(10-17)16(19)20/h3-6,9,14H,7-8,10H2,1-2H3,(H,19,20). The van der Waals surface area contributed by atoms with Crippen LogP contribution in [0.2, 0.25) is 0 Å². The van der Waals surface area contributed by atoms with Crippen LogP contribution in [0.25, 0.3) is 5.57 Å². The zero-order chi connectivity index (χ0) is 16.1. The number of benzene rings is 1. The summed E-state index contributed by atoms with van der Waals surface area (Å²) in [5.74, 6) is -0.588. The highest BCUT2D eigenvalue weighted by molar-refractivity contribution is 5.95. The minimum Gasteiger partial charge on any atom is -0.496 e. The number of rotatable bonds is 4. The first-order chi connectivity index (χ1) is 10.5. The summed E-state index contributed by atoms with van der Waals surface area (Å²) in [6.45, 7) is 2.50. The van der Waals surface area contributed by atoms with Gasteiger partial charge in [0, 0.05) is 18.2 Å². The molecule has 0 aliphatic carbocycles. The van der Waals surface area contributed by atoms with Crippen molar-refractivity contribution < 1.29 is 24.2 Å². The molecule has 1 N–H and O–H groups in total. The highest BCUT2D eigenvalue weighted by atomic mass is 16.5. The van der Waals surface area contributed by atoms with Gasteiger partial charge in [-0.15, -0.1) is 0 Å². The first-order valence-corrected chi connectivity index (χ1v) is 6.98. The van der Waals surface area contributed by atoms with Gasteiger partial charge in [-0.1, -0.05) is 18.2 Å². The van der Waals surface area contributed by atoms with Crippen molar-refractivity contribution in [3.05, 3.63) is 35.9 Å². The first kappa shape index (κ1) is 16.0. The lowest BCUT2D eigenvalue weighted by molar-refractivity contribution is -0.158. The Bertz CT molecular complexity index is 596. The number of nitrogens with zero attached hydrogens (tertiary/aromatic N) is 1.